The van der Waals surface area contributed by atoms with Crippen LogP contribution in [0.5, 0.6) is 5.75 Å². The van der Waals surface area contributed by atoms with E-state index in [1.807, 2.05) is 68.4 Å². The van der Waals surface area contributed by atoms with E-state index in [1.54, 1.807) is 0 Å². The van der Waals surface area contributed by atoms with Gasteiger partial charge in [-0.25, -0.2) is 9.10 Å². The van der Waals surface area contributed by atoms with Crippen molar-refractivity contribution in [2.45, 2.75) is 33.1 Å². The van der Waals surface area contributed by atoms with Crippen molar-refractivity contribution in [2.24, 2.45) is 0 Å². The monoisotopic (exact) mass is 347 g/mol. The zero-order valence-electron chi connectivity index (χ0n) is 13.7. The number of carboxylic acid groups (broad SMARTS) is 1. The molecule has 0 saturated heterocycles. The van der Waals surface area contributed by atoms with Gasteiger partial charge in [0.2, 0.25) is 0 Å². The largest absolute Gasteiger partial charge is 0.491 e. The second-order valence-corrected chi connectivity index (χ2v) is 6.24. The van der Waals surface area contributed by atoms with Crippen LogP contribution in [0.3, 0.4) is 0 Å². The number of amides is 1. The van der Waals surface area contributed by atoms with E-state index in [4.69, 9.17) is 8.92 Å². The predicted octanol–water partition coefficient (Wildman–Crippen LogP) is 4.73. The second-order valence-electron chi connectivity index (χ2n) is 5.42. The first-order valence-electron chi connectivity index (χ1n) is 7.65. The molecule has 0 saturated carbocycles. The van der Waals surface area contributed by atoms with Crippen molar-refractivity contribution in [1.82, 2.24) is 4.31 Å². The highest BCUT2D eigenvalue weighted by molar-refractivity contribution is 7.92. The molecule has 2 rings (SSSR count). The maximum Gasteiger partial charge on any atom is 0.419 e. The Balaban J connectivity index is 1.97. The summed E-state index contributed by atoms with van der Waals surface area (Å²) >= 11 is 0.825. The lowest BCUT2D eigenvalue weighted by atomic mass is 10.2. The van der Waals surface area contributed by atoms with Crippen LogP contribution in [0.15, 0.2) is 54.6 Å². The van der Waals surface area contributed by atoms with Gasteiger partial charge in [-0.05, 0) is 25.5 Å². The Hall–Kier alpha value is -2.18. The summed E-state index contributed by atoms with van der Waals surface area (Å²) in [6.45, 7) is 4.38. The first-order chi connectivity index (χ1) is 11.6. The summed E-state index contributed by atoms with van der Waals surface area (Å²) in [6, 6.07) is 17.0. The highest BCUT2D eigenvalue weighted by Gasteiger charge is 2.17. The fourth-order valence-corrected chi connectivity index (χ4v) is 2.59. The van der Waals surface area contributed by atoms with Crippen molar-refractivity contribution in [2.75, 3.05) is 0 Å². The van der Waals surface area contributed by atoms with Gasteiger partial charge in [-0.1, -0.05) is 48.5 Å². The molecule has 0 aromatic heterocycles. The van der Waals surface area contributed by atoms with Gasteiger partial charge in [-0.15, -0.1) is 0 Å². The standard InChI is InChI=1S/C18H21NO4S/c1-14(2)23-17-11-7-6-10-16(17)12-19(18(20)21)24-22-13-15-8-4-3-5-9-15/h3-11,14H,12-13H2,1-2H3,(H,20,21). The van der Waals surface area contributed by atoms with E-state index in [-0.39, 0.29) is 12.6 Å². The molecule has 2 aromatic rings. The summed E-state index contributed by atoms with van der Waals surface area (Å²) in [5, 5.41) is 9.39. The second kappa shape index (κ2) is 9.20. The SMILES string of the molecule is CC(C)Oc1ccccc1CN(SOCc1ccccc1)C(=O)O. The minimum absolute atomic E-state index is 0.0198. The Labute approximate surface area is 146 Å². The maximum absolute atomic E-state index is 11.5. The lowest BCUT2D eigenvalue weighted by Gasteiger charge is -2.20. The smallest absolute Gasteiger partial charge is 0.419 e. The molecule has 128 valence electrons. The average Bonchev–Trinajstić information content (AvgIpc) is 2.56. The van der Waals surface area contributed by atoms with Crippen molar-refractivity contribution in [3.8, 4) is 5.75 Å². The van der Waals surface area contributed by atoms with Crippen LogP contribution in [0.25, 0.3) is 0 Å². The molecular weight excluding hydrogens is 326 g/mol. The van der Waals surface area contributed by atoms with E-state index in [0.717, 1.165) is 27.7 Å². The van der Waals surface area contributed by atoms with E-state index in [0.29, 0.717) is 12.4 Å². The highest BCUT2D eigenvalue weighted by Crippen LogP contribution is 2.25. The van der Waals surface area contributed by atoms with Crippen LogP contribution in [-0.4, -0.2) is 21.6 Å². The van der Waals surface area contributed by atoms with Crippen LogP contribution in [0.4, 0.5) is 4.79 Å². The minimum Gasteiger partial charge on any atom is -0.491 e. The maximum atomic E-state index is 11.5. The molecule has 0 aliphatic carbocycles. The van der Waals surface area contributed by atoms with Gasteiger partial charge < -0.3 is 9.84 Å². The molecule has 0 radical (unpaired) electrons. The van der Waals surface area contributed by atoms with Crippen molar-refractivity contribution in [1.29, 1.82) is 0 Å². The zero-order chi connectivity index (χ0) is 17.4. The summed E-state index contributed by atoms with van der Waals surface area (Å²) in [6.07, 6.45) is -1.04. The van der Waals surface area contributed by atoms with Crippen LogP contribution in [0.2, 0.25) is 0 Å². The van der Waals surface area contributed by atoms with Gasteiger partial charge in [0.15, 0.2) is 0 Å². The van der Waals surface area contributed by atoms with Crippen LogP contribution < -0.4 is 4.74 Å². The molecule has 0 atom stereocenters. The molecule has 1 amide bonds. The Morgan fingerprint density at radius 1 is 1.12 bits per heavy atom. The minimum atomic E-state index is -1.06. The van der Waals surface area contributed by atoms with Gasteiger partial charge in [-0.2, -0.15) is 0 Å². The first-order valence-corrected chi connectivity index (χ1v) is 8.34. The Morgan fingerprint density at radius 2 is 1.79 bits per heavy atom. The molecule has 24 heavy (non-hydrogen) atoms. The third-order valence-electron chi connectivity index (χ3n) is 3.07. The summed E-state index contributed by atoms with van der Waals surface area (Å²) in [4.78, 5) is 11.5. The van der Waals surface area contributed by atoms with E-state index in [2.05, 4.69) is 0 Å². The van der Waals surface area contributed by atoms with Crippen LogP contribution in [-0.2, 0) is 17.3 Å². The van der Waals surface area contributed by atoms with E-state index in [9.17, 15) is 9.90 Å². The number of para-hydroxylation sites is 1. The number of nitrogens with zero attached hydrogens (tertiary/aromatic N) is 1. The van der Waals surface area contributed by atoms with Gasteiger partial charge in [-0.3, -0.25) is 4.18 Å². The Bertz CT molecular complexity index is 648. The third kappa shape index (κ3) is 5.79. The molecule has 1 N–H and O–H groups in total. The first kappa shape index (κ1) is 18.2. The van der Waals surface area contributed by atoms with Crippen molar-refractivity contribution >= 4 is 18.3 Å². The fourth-order valence-electron chi connectivity index (χ4n) is 2.02. The lowest BCUT2D eigenvalue weighted by Crippen LogP contribution is -2.22. The Kier molecular flexibility index (Phi) is 6.96. The molecule has 0 unspecified atom stereocenters. The molecule has 0 spiro atoms. The molecule has 2 aromatic carbocycles. The molecule has 5 nitrogen and oxygen atoms in total. The van der Waals surface area contributed by atoms with E-state index < -0.39 is 6.09 Å². The molecule has 0 fully saturated rings. The highest BCUT2D eigenvalue weighted by atomic mass is 32.2. The molecule has 0 heterocycles. The van der Waals surface area contributed by atoms with E-state index in [1.165, 1.54) is 0 Å². The molecule has 0 aliphatic rings. The van der Waals surface area contributed by atoms with Gasteiger partial charge in [0.1, 0.15) is 18.0 Å². The quantitative estimate of drug-likeness (QED) is 0.552. The number of hydrogen-bond acceptors (Lipinski definition) is 4. The fraction of sp³-hybridized carbons (Fsp3) is 0.278. The molecule has 6 heteroatoms. The normalized spacial score (nSPS) is 10.6. The van der Waals surface area contributed by atoms with Crippen molar-refractivity contribution in [3.05, 3.63) is 65.7 Å². The number of carbonyl (C=O) groups is 1. The van der Waals surface area contributed by atoms with Gasteiger partial charge in [0.05, 0.1) is 19.3 Å². The molecular formula is C18H21NO4S. The summed E-state index contributed by atoms with van der Waals surface area (Å²) in [7, 11) is 0. The van der Waals surface area contributed by atoms with Crippen molar-refractivity contribution < 1.29 is 18.8 Å². The van der Waals surface area contributed by atoms with Gasteiger partial charge >= 0.3 is 6.09 Å². The van der Waals surface area contributed by atoms with Crippen LogP contribution in [0, 0.1) is 0 Å². The predicted molar refractivity (Wildman–Crippen MR) is 94.6 cm³/mol. The topological polar surface area (TPSA) is 59.0 Å². The summed E-state index contributed by atoms with van der Waals surface area (Å²) in [5.74, 6) is 0.683. The van der Waals surface area contributed by atoms with Gasteiger partial charge in [0, 0.05) is 5.56 Å². The Morgan fingerprint density at radius 3 is 2.46 bits per heavy atom. The molecule has 0 bridgehead atoms. The lowest BCUT2D eigenvalue weighted by molar-refractivity contribution is 0.169. The zero-order valence-corrected chi connectivity index (χ0v) is 14.5. The number of benzene rings is 2. The number of rotatable bonds is 8. The number of hydrogen-bond donors (Lipinski definition) is 1. The summed E-state index contributed by atoms with van der Waals surface area (Å²) in [5.41, 5.74) is 1.78. The van der Waals surface area contributed by atoms with E-state index >= 15 is 0 Å². The van der Waals surface area contributed by atoms with Crippen LogP contribution >= 0.6 is 12.2 Å². The van der Waals surface area contributed by atoms with Crippen LogP contribution in [0.1, 0.15) is 25.0 Å². The van der Waals surface area contributed by atoms with Gasteiger partial charge in [0.25, 0.3) is 0 Å². The molecule has 0 aliphatic heterocycles. The summed E-state index contributed by atoms with van der Waals surface area (Å²) < 4.78 is 12.3. The average molecular weight is 347 g/mol. The number of ether oxygens (including phenoxy) is 1. The third-order valence-corrected chi connectivity index (χ3v) is 3.76. The van der Waals surface area contributed by atoms with Crippen molar-refractivity contribution in [3.63, 3.8) is 0 Å².